The summed E-state index contributed by atoms with van der Waals surface area (Å²) >= 11 is 1.70. The Morgan fingerprint density at radius 1 is 1.30 bits per heavy atom. The van der Waals surface area contributed by atoms with Gasteiger partial charge in [0.2, 0.25) is 10.8 Å². The molecule has 0 unspecified atom stereocenters. The molecule has 0 amide bonds. The number of alkyl halides is 3. The van der Waals surface area contributed by atoms with Crippen LogP contribution in [0.4, 0.5) is 13.2 Å². The van der Waals surface area contributed by atoms with E-state index in [1.807, 2.05) is 0 Å². The van der Waals surface area contributed by atoms with Crippen LogP contribution < -0.4 is 0 Å². The first kappa shape index (κ1) is 13.3. The van der Waals surface area contributed by atoms with Crippen molar-refractivity contribution in [2.45, 2.75) is 16.3 Å². The zero-order chi connectivity index (χ0) is 14.2. The van der Waals surface area contributed by atoms with Gasteiger partial charge in [0, 0.05) is 24.3 Å². The van der Waals surface area contributed by atoms with E-state index in [-0.39, 0.29) is 4.34 Å². The highest BCUT2D eigenvalue weighted by atomic mass is 32.2. The molecule has 0 N–H and O–H groups in total. The van der Waals surface area contributed by atoms with Crippen molar-refractivity contribution in [3.05, 3.63) is 35.4 Å². The summed E-state index contributed by atoms with van der Waals surface area (Å²) in [6.07, 6.45) is 0.764. The van der Waals surface area contributed by atoms with Gasteiger partial charge in [0.05, 0.1) is 5.69 Å². The molecule has 0 aliphatic rings. The van der Waals surface area contributed by atoms with Crippen molar-refractivity contribution in [1.29, 1.82) is 0 Å². The van der Waals surface area contributed by atoms with Gasteiger partial charge in [0.1, 0.15) is 0 Å². The SMILES string of the molecule is FC(F)(F)c1nnc(SCc2cn3cccnc3n2)s1. The van der Waals surface area contributed by atoms with Crippen LogP contribution in [0.2, 0.25) is 0 Å². The molecule has 0 aliphatic carbocycles. The lowest BCUT2D eigenvalue weighted by Gasteiger charge is -1.97. The average molecular weight is 317 g/mol. The van der Waals surface area contributed by atoms with Gasteiger partial charge < -0.3 is 0 Å². The fraction of sp³-hybridized carbons (Fsp3) is 0.200. The van der Waals surface area contributed by atoms with Gasteiger partial charge >= 0.3 is 6.18 Å². The van der Waals surface area contributed by atoms with Crippen LogP contribution in [-0.4, -0.2) is 24.6 Å². The van der Waals surface area contributed by atoms with Gasteiger partial charge in [-0.2, -0.15) is 13.2 Å². The van der Waals surface area contributed by atoms with Crippen molar-refractivity contribution in [3.63, 3.8) is 0 Å². The van der Waals surface area contributed by atoms with E-state index in [1.165, 1.54) is 11.8 Å². The summed E-state index contributed by atoms with van der Waals surface area (Å²) in [5.74, 6) is 0.965. The Hall–Kier alpha value is -1.68. The molecule has 3 rings (SSSR count). The summed E-state index contributed by atoms with van der Waals surface area (Å²) in [6.45, 7) is 0. The van der Waals surface area contributed by atoms with Crippen molar-refractivity contribution >= 4 is 28.9 Å². The van der Waals surface area contributed by atoms with Crippen molar-refractivity contribution < 1.29 is 13.2 Å². The number of imidazole rings is 1. The Bertz CT molecular complexity index is 703. The molecule has 10 heteroatoms. The summed E-state index contributed by atoms with van der Waals surface area (Å²) in [6, 6.07) is 1.77. The van der Waals surface area contributed by atoms with Crippen molar-refractivity contribution in [2.75, 3.05) is 0 Å². The predicted octanol–water partition coefficient (Wildman–Crippen LogP) is 2.89. The zero-order valence-corrected chi connectivity index (χ0v) is 11.3. The normalized spacial score (nSPS) is 12.2. The van der Waals surface area contributed by atoms with E-state index in [0.29, 0.717) is 22.9 Å². The first-order valence-electron chi connectivity index (χ1n) is 5.34. The molecule has 5 nitrogen and oxygen atoms in total. The number of hydrogen-bond donors (Lipinski definition) is 0. The topological polar surface area (TPSA) is 56.0 Å². The maximum atomic E-state index is 12.4. The van der Waals surface area contributed by atoms with Gasteiger partial charge in [0.25, 0.3) is 0 Å². The minimum Gasteiger partial charge on any atom is -0.291 e. The second kappa shape index (κ2) is 5.02. The number of nitrogens with zero attached hydrogens (tertiary/aromatic N) is 5. The van der Waals surface area contributed by atoms with Crippen molar-refractivity contribution in [3.8, 4) is 0 Å². The molecule has 0 fully saturated rings. The van der Waals surface area contributed by atoms with E-state index in [4.69, 9.17) is 0 Å². The quantitative estimate of drug-likeness (QED) is 0.695. The smallest absolute Gasteiger partial charge is 0.291 e. The highest BCUT2D eigenvalue weighted by Crippen LogP contribution is 2.35. The highest BCUT2D eigenvalue weighted by molar-refractivity contribution is 8.00. The molecule has 0 radical (unpaired) electrons. The van der Waals surface area contributed by atoms with Gasteiger partial charge in [-0.05, 0) is 6.07 Å². The minimum atomic E-state index is -4.44. The highest BCUT2D eigenvalue weighted by Gasteiger charge is 2.35. The molecule has 0 bridgehead atoms. The van der Waals surface area contributed by atoms with E-state index in [9.17, 15) is 13.2 Å². The van der Waals surface area contributed by atoms with Crippen LogP contribution >= 0.6 is 23.1 Å². The molecule has 20 heavy (non-hydrogen) atoms. The number of fused-ring (bicyclic) bond motifs is 1. The standard InChI is InChI=1S/C10H6F3N5S2/c11-10(12,13)7-16-17-9(20-7)19-5-6-4-18-3-1-2-14-8(18)15-6/h1-4H,5H2. The number of rotatable bonds is 3. The third-order valence-corrected chi connectivity index (χ3v) is 4.41. The second-order valence-corrected chi connectivity index (χ2v) is 5.92. The van der Waals surface area contributed by atoms with Crippen molar-refractivity contribution in [1.82, 2.24) is 24.6 Å². The van der Waals surface area contributed by atoms with Gasteiger partial charge in [0.15, 0.2) is 4.34 Å². The molecule has 104 valence electrons. The molecule has 0 spiro atoms. The van der Waals surface area contributed by atoms with Crippen LogP contribution in [0.5, 0.6) is 0 Å². The van der Waals surface area contributed by atoms with Crippen LogP contribution in [-0.2, 0) is 11.9 Å². The van der Waals surface area contributed by atoms with Gasteiger partial charge in [-0.1, -0.05) is 23.1 Å². The Labute approximate surface area is 118 Å². The lowest BCUT2D eigenvalue weighted by molar-refractivity contribution is -0.138. The maximum Gasteiger partial charge on any atom is 0.445 e. The number of thioether (sulfide) groups is 1. The fourth-order valence-electron chi connectivity index (χ4n) is 1.47. The first-order chi connectivity index (χ1) is 9.52. The third kappa shape index (κ3) is 2.75. The van der Waals surface area contributed by atoms with E-state index in [1.54, 1.807) is 29.1 Å². The average Bonchev–Trinajstić information content (AvgIpc) is 3.02. The summed E-state index contributed by atoms with van der Waals surface area (Å²) in [5.41, 5.74) is 0.720. The van der Waals surface area contributed by atoms with Gasteiger partial charge in [-0.25, -0.2) is 9.97 Å². The summed E-state index contributed by atoms with van der Waals surface area (Å²) in [4.78, 5) is 8.31. The van der Waals surface area contributed by atoms with Crippen LogP contribution in [0.3, 0.4) is 0 Å². The summed E-state index contributed by atoms with van der Waals surface area (Å²) in [7, 11) is 0. The van der Waals surface area contributed by atoms with Crippen LogP contribution in [0.15, 0.2) is 29.0 Å². The lowest BCUT2D eigenvalue weighted by atomic mass is 10.6. The third-order valence-electron chi connectivity index (χ3n) is 2.28. The lowest BCUT2D eigenvalue weighted by Crippen LogP contribution is -2.03. The Morgan fingerprint density at radius 3 is 2.85 bits per heavy atom. The molecule has 0 saturated heterocycles. The molecule has 0 aliphatic heterocycles. The maximum absolute atomic E-state index is 12.4. The molecule has 3 aromatic rings. The largest absolute Gasteiger partial charge is 0.445 e. The van der Waals surface area contributed by atoms with E-state index < -0.39 is 11.2 Å². The molecule has 3 heterocycles. The Balaban J connectivity index is 1.71. The molecule has 0 atom stereocenters. The Morgan fingerprint density at radius 2 is 2.15 bits per heavy atom. The van der Waals surface area contributed by atoms with Crippen molar-refractivity contribution in [2.24, 2.45) is 0 Å². The number of halogens is 3. The van der Waals surface area contributed by atoms with E-state index in [0.717, 1.165) is 5.69 Å². The summed E-state index contributed by atoms with van der Waals surface area (Å²) < 4.78 is 39.1. The van der Waals surface area contributed by atoms with Crippen LogP contribution in [0.25, 0.3) is 5.78 Å². The summed E-state index contributed by atoms with van der Waals surface area (Å²) in [5, 5.41) is 5.71. The second-order valence-electron chi connectivity index (χ2n) is 3.72. The molecular weight excluding hydrogens is 311 g/mol. The molecular formula is C10H6F3N5S2. The van der Waals surface area contributed by atoms with Gasteiger partial charge in [-0.3, -0.25) is 4.40 Å². The minimum absolute atomic E-state index is 0.266. The zero-order valence-electron chi connectivity index (χ0n) is 9.70. The van der Waals surface area contributed by atoms with E-state index in [2.05, 4.69) is 20.2 Å². The monoisotopic (exact) mass is 317 g/mol. The van der Waals surface area contributed by atoms with E-state index >= 15 is 0 Å². The molecule has 0 aromatic carbocycles. The molecule has 0 saturated carbocycles. The fourth-order valence-corrected chi connectivity index (χ4v) is 3.07. The van der Waals surface area contributed by atoms with Crippen LogP contribution in [0.1, 0.15) is 10.7 Å². The predicted molar refractivity (Wildman–Crippen MR) is 67.5 cm³/mol. The number of aromatic nitrogens is 5. The van der Waals surface area contributed by atoms with Gasteiger partial charge in [-0.15, -0.1) is 10.2 Å². The van der Waals surface area contributed by atoms with Crippen LogP contribution in [0, 0.1) is 0 Å². The Kier molecular flexibility index (Phi) is 3.34. The number of hydrogen-bond acceptors (Lipinski definition) is 6. The molecule has 3 aromatic heterocycles. The first-order valence-corrected chi connectivity index (χ1v) is 7.15.